The van der Waals surface area contributed by atoms with Gasteiger partial charge in [0.1, 0.15) is 10.1 Å². The van der Waals surface area contributed by atoms with Gasteiger partial charge in [-0.15, -0.1) is 12.6 Å². The third-order valence-electron chi connectivity index (χ3n) is 5.13. The van der Waals surface area contributed by atoms with Crippen molar-refractivity contribution >= 4 is 40.8 Å². The van der Waals surface area contributed by atoms with Gasteiger partial charge in [0.15, 0.2) is 0 Å². The number of methoxy groups -OCH3 is 1. The highest BCUT2D eigenvalue weighted by Gasteiger charge is 2.31. The smallest absolute Gasteiger partial charge is 0.225 e. The lowest BCUT2D eigenvalue weighted by molar-refractivity contribution is -0.137. The van der Waals surface area contributed by atoms with E-state index in [-0.39, 0.29) is 5.92 Å². The van der Waals surface area contributed by atoms with Crippen molar-refractivity contribution in [2.75, 3.05) is 51.3 Å². The zero-order valence-electron chi connectivity index (χ0n) is 14.6. The highest BCUT2D eigenvalue weighted by Crippen LogP contribution is 2.29. The molecule has 0 spiro atoms. The summed E-state index contributed by atoms with van der Waals surface area (Å²) >= 11 is 9.33. The zero-order chi connectivity index (χ0) is 17.8. The summed E-state index contributed by atoms with van der Waals surface area (Å²) in [6, 6.07) is 8.05. The molecular formula is C18H25N3O2S2. The van der Waals surface area contributed by atoms with Crippen molar-refractivity contribution < 1.29 is 9.53 Å². The van der Waals surface area contributed by atoms with E-state index in [0.29, 0.717) is 10.2 Å². The molecule has 0 aliphatic carbocycles. The first kappa shape index (κ1) is 18.3. The molecule has 0 saturated carbocycles. The molecule has 2 fully saturated rings. The van der Waals surface area contributed by atoms with Gasteiger partial charge in [-0.25, -0.2) is 0 Å². The van der Waals surface area contributed by atoms with Crippen LogP contribution in [-0.4, -0.2) is 66.4 Å². The Bertz CT molecular complexity index is 625. The highest BCUT2D eigenvalue weighted by molar-refractivity contribution is 8.10. The minimum absolute atomic E-state index is 0.122. The number of para-hydroxylation sites is 2. The first-order chi connectivity index (χ1) is 12.1. The summed E-state index contributed by atoms with van der Waals surface area (Å²) in [4.78, 5) is 19.2. The van der Waals surface area contributed by atoms with Gasteiger partial charge in [0, 0.05) is 45.2 Å². The number of amides is 1. The van der Waals surface area contributed by atoms with Crippen LogP contribution < -0.4 is 9.64 Å². The van der Waals surface area contributed by atoms with Crippen molar-refractivity contribution in [3.63, 3.8) is 0 Å². The Hall–Kier alpha value is -1.47. The lowest BCUT2D eigenvalue weighted by atomic mass is 9.95. The number of carbonyl (C=O) groups excluding carboxylic acids is 1. The first-order valence-electron chi connectivity index (χ1n) is 8.74. The molecule has 25 heavy (non-hydrogen) atoms. The van der Waals surface area contributed by atoms with E-state index in [1.807, 2.05) is 23.1 Å². The monoisotopic (exact) mass is 379 g/mol. The van der Waals surface area contributed by atoms with Crippen molar-refractivity contribution in [3.05, 3.63) is 24.3 Å². The van der Waals surface area contributed by atoms with E-state index in [1.165, 1.54) is 0 Å². The molecule has 0 bridgehead atoms. The summed E-state index contributed by atoms with van der Waals surface area (Å²) in [5.41, 5.74) is 1.10. The van der Waals surface area contributed by atoms with Crippen molar-refractivity contribution in [3.8, 4) is 5.75 Å². The molecule has 2 saturated heterocycles. The number of carbonyl (C=O) groups is 1. The maximum atomic E-state index is 12.8. The maximum absolute atomic E-state index is 12.8. The van der Waals surface area contributed by atoms with E-state index in [4.69, 9.17) is 17.0 Å². The molecule has 0 radical (unpaired) electrons. The van der Waals surface area contributed by atoms with E-state index < -0.39 is 0 Å². The van der Waals surface area contributed by atoms with Crippen LogP contribution in [0.2, 0.25) is 0 Å². The summed E-state index contributed by atoms with van der Waals surface area (Å²) < 4.78 is 6.09. The van der Waals surface area contributed by atoms with Crippen LogP contribution in [0.25, 0.3) is 0 Å². The van der Waals surface area contributed by atoms with Crippen LogP contribution in [0.5, 0.6) is 5.75 Å². The number of hydrogen-bond acceptors (Lipinski definition) is 4. The number of piperazine rings is 1. The van der Waals surface area contributed by atoms with Crippen LogP contribution >= 0.6 is 24.8 Å². The second-order valence-electron chi connectivity index (χ2n) is 6.53. The number of nitrogens with zero attached hydrogens (tertiary/aromatic N) is 3. The largest absolute Gasteiger partial charge is 0.495 e. The molecule has 0 atom stereocenters. The third kappa shape index (κ3) is 4.20. The Morgan fingerprint density at radius 1 is 1.08 bits per heavy atom. The van der Waals surface area contributed by atoms with Crippen molar-refractivity contribution in [1.82, 2.24) is 9.80 Å². The molecule has 2 heterocycles. The zero-order valence-corrected chi connectivity index (χ0v) is 16.3. The summed E-state index contributed by atoms with van der Waals surface area (Å²) in [5.74, 6) is 1.30. The lowest BCUT2D eigenvalue weighted by Gasteiger charge is -2.39. The van der Waals surface area contributed by atoms with Gasteiger partial charge in [-0.05, 0) is 25.0 Å². The number of piperidine rings is 1. The number of hydrogen-bond donors (Lipinski definition) is 1. The van der Waals surface area contributed by atoms with Crippen LogP contribution in [0.3, 0.4) is 0 Å². The fraction of sp³-hybridized carbons (Fsp3) is 0.556. The second kappa shape index (κ2) is 8.27. The summed E-state index contributed by atoms with van der Waals surface area (Å²) in [6.45, 7) is 4.88. The SMILES string of the molecule is COc1ccccc1N1CCN(C(=O)C2CCN(C(=S)S)CC2)CC1. The van der Waals surface area contributed by atoms with Crippen LogP contribution in [-0.2, 0) is 4.79 Å². The number of rotatable bonds is 3. The van der Waals surface area contributed by atoms with Gasteiger partial charge >= 0.3 is 0 Å². The number of anilines is 1. The molecule has 0 unspecified atom stereocenters. The van der Waals surface area contributed by atoms with E-state index in [1.54, 1.807) is 7.11 Å². The number of likely N-dealkylation sites (tertiary alicyclic amines) is 1. The molecule has 0 N–H and O–H groups in total. The first-order valence-corrected chi connectivity index (χ1v) is 9.60. The van der Waals surface area contributed by atoms with E-state index in [9.17, 15) is 4.79 Å². The summed E-state index contributed by atoms with van der Waals surface area (Å²) in [6.07, 6.45) is 1.73. The molecule has 1 aromatic carbocycles. The molecule has 1 aromatic rings. The minimum atomic E-state index is 0.122. The molecule has 5 nitrogen and oxygen atoms in total. The fourth-order valence-electron chi connectivity index (χ4n) is 3.63. The predicted octanol–water partition coefficient (Wildman–Crippen LogP) is 2.27. The summed E-state index contributed by atoms with van der Waals surface area (Å²) in [5, 5.41) is 0. The molecule has 136 valence electrons. The highest BCUT2D eigenvalue weighted by atomic mass is 32.1. The van der Waals surface area contributed by atoms with Gasteiger partial charge in [0.05, 0.1) is 12.8 Å². The number of thiocarbonyl (C=S) groups is 1. The summed E-state index contributed by atoms with van der Waals surface area (Å²) in [7, 11) is 1.70. The Morgan fingerprint density at radius 2 is 1.72 bits per heavy atom. The van der Waals surface area contributed by atoms with Gasteiger partial charge in [-0.2, -0.15) is 0 Å². The van der Waals surface area contributed by atoms with Crippen LogP contribution in [0.4, 0.5) is 5.69 Å². The van der Waals surface area contributed by atoms with Gasteiger partial charge < -0.3 is 19.4 Å². The Morgan fingerprint density at radius 3 is 2.32 bits per heavy atom. The Balaban J connectivity index is 1.54. The number of benzene rings is 1. The van der Waals surface area contributed by atoms with Crippen LogP contribution in [0.1, 0.15) is 12.8 Å². The van der Waals surface area contributed by atoms with Gasteiger partial charge in [-0.3, -0.25) is 4.79 Å². The van der Waals surface area contributed by atoms with Crippen molar-refractivity contribution in [2.24, 2.45) is 5.92 Å². The van der Waals surface area contributed by atoms with Crippen molar-refractivity contribution in [2.45, 2.75) is 12.8 Å². The normalized spacial score (nSPS) is 19.0. The molecule has 3 rings (SSSR count). The van der Waals surface area contributed by atoms with E-state index in [2.05, 4.69) is 28.5 Å². The molecule has 0 aromatic heterocycles. The maximum Gasteiger partial charge on any atom is 0.225 e. The number of ether oxygens (including phenoxy) is 1. The van der Waals surface area contributed by atoms with E-state index in [0.717, 1.165) is 63.5 Å². The predicted molar refractivity (Wildman–Crippen MR) is 108 cm³/mol. The third-order valence-corrected chi connectivity index (χ3v) is 5.67. The second-order valence-corrected chi connectivity index (χ2v) is 7.64. The topological polar surface area (TPSA) is 36.0 Å². The fourth-order valence-corrected chi connectivity index (χ4v) is 4.02. The molecule has 1 amide bonds. The standard InChI is InChI=1S/C18H25N3O2S2/c1-23-16-5-3-2-4-15(16)19-10-12-20(13-11-19)17(22)14-6-8-21(9-7-14)18(24)25/h2-5,14H,6-13H2,1H3,(H,24,25). The Kier molecular flexibility index (Phi) is 6.06. The van der Waals surface area contributed by atoms with E-state index >= 15 is 0 Å². The van der Waals surface area contributed by atoms with Crippen LogP contribution in [0, 0.1) is 5.92 Å². The quantitative estimate of drug-likeness (QED) is 0.644. The average molecular weight is 380 g/mol. The molecule has 2 aliphatic heterocycles. The van der Waals surface area contributed by atoms with Gasteiger partial charge in [-0.1, -0.05) is 24.4 Å². The van der Waals surface area contributed by atoms with Gasteiger partial charge in [0.2, 0.25) is 5.91 Å². The van der Waals surface area contributed by atoms with Crippen LogP contribution in [0.15, 0.2) is 24.3 Å². The van der Waals surface area contributed by atoms with Crippen molar-refractivity contribution in [1.29, 1.82) is 0 Å². The van der Waals surface area contributed by atoms with Gasteiger partial charge in [0.25, 0.3) is 0 Å². The Labute approximate surface area is 160 Å². The average Bonchev–Trinajstić information content (AvgIpc) is 2.67. The number of thiol groups is 1. The molecular weight excluding hydrogens is 354 g/mol. The minimum Gasteiger partial charge on any atom is -0.495 e. The molecule has 2 aliphatic rings. The molecule has 7 heteroatoms. The lowest BCUT2D eigenvalue weighted by Crippen LogP contribution is -2.51.